The molecule has 32 heavy (non-hydrogen) atoms. The van der Waals surface area contributed by atoms with E-state index in [1.165, 1.54) is 0 Å². The topological polar surface area (TPSA) is 59.4 Å². The molecule has 0 radical (unpaired) electrons. The lowest BCUT2D eigenvalue weighted by Crippen LogP contribution is -2.30. The van der Waals surface area contributed by atoms with E-state index in [1.807, 2.05) is 35.1 Å². The molecule has 1 spiro atoms. The zero-order valence-corrected chi connectivity index (χ0v) is 18.4. The van der Waals surface area contributed by atoms with Gasteiger partial charge in [-0.25, -0.2) is 4.68 Å². The number of ether oxygens (including phenoxy) is 1. The number of aromatic nitrogens is 2. The van der Waals surface area contributed by atoms with Gasteiger partial charge in [0.15, 0.2) is 0 Å². The Hall–Kier alpha value is -3.12. The standard InChI is InChI=1S/C26H28N4O2/c1-29-14-10-20(17-29)32-23-16-18(22-9-13-27-30(22)19-7-3-2-4-8-19)15-21-24(23)28-25(31)26(21)11-5-6-12-26/h2-4,7-9,13,15-16,20H,5-6,10-12,14,17H2,1H3,(H,28,31). The first kappa shape index (κ1) is 19.6. The number of rotatable bonds is 4. The lowest BCUT2D eigenvalue weighted by Gasteiger charge is -2.23. The van der Waals surface area contributed by atoms with E-state index in [0.717, 1.165) is 79.1 Å². The Kier molecular flexibility index (Phi) is 4.57. The summed E-state index contributed by atoms with van der Waals surface area (Å²) in [5.41, 5.74) is 4.60. The molecule has 3 heterocycles. The summed E-state index contributed by atoms with van der Waals surface area (Å²) in [6.45, 7) is 1.93. The first-order valence-electron chi connectivity index (χ1n) is 11.6. The number of hydrogen-bond donors (Lipinski definition) is 1. The molecule has 3 aliphatic rings. The van der Waals surface area contributed by atoms with Crippen molar-refractivity contribution in [2.24, 2.45) is 0 Å². The Labute approximate surface area is 188 Å². The number of para-hydroxylation sites is 1. The van der Waals surface area contributed by atoms with Crippen LogP contribution in [0.3, 0.4) is 0 Å². The molecule has 6 nitrogen and oxygen atoms in total. The molecular weight excluding hydrogens is 400 g/mol. The van der Waals surface area contributed by atoms with Crippen LogP contribution in [0.25, 0.3) is 16.9 Å². The molecule has 1 atom stereocenters. The van der Waals surface area contributed by atoms with E-state index >= 15 is 0 Å². The van der Waals surface area contributed by atoms with Crippen molar-refractivity contribution in [3.63, 3.8) is 0 Å². The van der Waals surface area contributed by atoms with E-state index in [-0.39, 0.29) is 12.0 Å². The minimum atomic E-state index is -0.423. The Balaban J connectivity index is 1.49. The minimum absolute atomic E-state index is 0.132. The van der Waals surface area contributed by atoms with Gasteiger partial charge in [-0.2, -0.15) is 5.10 Å². The molecule has 1 unspecified atom stereocenters. The molecule has 3 aromatic rings. The predicted molar refractivity (Wildman–Crippen MR) is 124 cm³/mol. The molecule has 0 bridgehead atoms. The van der Waals surface area contributed by atoms with Crippen molar-refractivity contribution in [1.82, 2.24) is 14.7 Å². The highest BCUT2D eigenvalue weighted by molar-refractivity contribution is 6.08. The summed E-state index contributed by atoms with van der Waals surface area (Å²) < 4.78 is 8.50. The molecule has 1 saturated heterocycles. The number of likely N-dealkylation sites (N-methyl/N-ethyl adjacent to an activating group) is 1. The molecule has 1 aromatic heterocycles. The van der Waals surface area contributed by atoms with Gasteiger partial charge in [0.25, 0.3) is 0 Å². The van der Waals surface area contributed by atoms with Gasteiger partial charge in [0.2, 0.25) is 5.91 Å². The van der Waals surface area contributed by atoms with Crippen molar-refractivity contribution in [3.8, 4) is 22.7 Å². The third kappa shape index (κ3) is 3.05. The van der Waals surface area contributed by atoms with Gasteiger partial charge in [-0.3, -0.25) is 4.79 Å². The maximum Gasteiger partial charge on any atom is 0.235 e. The molecule has 1 amide bonds. The van der Waals surface area contributed by atoms with Gasteiger partial charge in [-0.1, -0.05) is 31.0 Å². The van der Waals surface area contributed by atoms with Gasteiger partial charge in [-0.05, 0) is 62.2 Å². The van der Waals surface area contributed by atoms with Crippen LogP contribution in [-0.4, -0.2) is 46.8 Å². The van der Waals surface area contributed by atoms with Crippen LogP contribution in [-0.2, 0) is 10.2 Å². The average Bonchev–Trinajstić information content (AvgIpc) is 3.59. The van der Waals surface area contributed by atoms with Gasteiger partial charge in [0, 0.05) is 18.7 Å². The zero-order chi connectivity index (χ0) is 21.7. The van der Waals surface area contributed by atoms with Crippen molar-refractivity contribution in [2.45, 2.75) is 43.6 Å². The van der Waals surface area contributed by atoms with Crippen LogP contribution >= 0.6 is 0 Å². The second-order valence-corrected chi connectivity index (χ2v) is 9.39. The molecule has 1 saturated carbocycles. The highest BCUT2D eigenvalue weighted by atomic mass is 16.5. The fourth-order valence-electron chi connectivity index (χ4n) is 5.66. The largest absolute Gasteiger partial charge is 0.487 e. The molecule has 6 rings (SSSR count). The number of carbonyl (C=O) groups is 1. The van der Waals surface area contributed by atoms with Crippen LogP contribution in [0.4, 0.5) is 5.69 Å². The first-order valence-corrected chi connectivity index (χ1v) is 11.6. The predicted octanol–water partition coefficient (Wildman–Crippen LogP) is 4.39. The summed E-state index contributed by atoms with van der Waals surface area (Å²) in [6, 6.07) is 16.5. The Morgan fingerprint density at radius 1 is 1.12 bits per heavy atom. The van der Waals surface area contributed by atoms with Gasteiger partial charge >= 0.3 is 0 Å². The molecule has 1 aliphatic carbocycles. The molecule has 1 N–H and O–H groups in total. The van der Waals surface area contributed by atoms with Crippen LogP contribution in [0.1, 0.15) is 37.7 Å². The SMILES string of the molecule is CN1CCC(Oc2cc(-c3ccnn3-c3ccccc3)cc3c2NC(=O)C32CCCC2)C1. The number of benzene rings is 2. The summed E-state index contributed by atoms with van der Waals surface area (Å²) in [4.78, 5) is 15.5. The van der Waals surface area contributed by atoms with Crippen molar-refractivity contribution < 1.29 is 9.53 Å². The molecule has 2 aliphatic heterocycles. The van der Waals surface area contributed by atoms with Crippen molar-refractivity contribution in [2.75, 3.05) is 25.5 Å². The number of likely N-dealkylation sites (tertiary alicyclic amines) is 1. The highest BCUT2D eigenvalue weighted by Crippen LogP contribution is 2.53. The fourth-order valence-corrected chi connectivity index (χ4v) is 5.66. The average molecular weight is 429 g/mol. The Morgan fingerprint density at radius 2 is 1.94 bits per heavy atom. The van der Waals surface area contributed by atoms with Crippen LogP contribution in [0, 0.1) is 0 Å². The smallest absolute Gasteiger partial charge is 0.235 e. The van der Waals surface area contributed by atoms with E-state index in [2.05, 4.69) is 46.6 Å². The van der Waals surface area contributed by atoms with Crippen molar-refractivity contribution in [3.05, 3.63) is 60.3 Å². The van der Waals surface area contributed by atoms with E-state index in [1.54, 1.807) is 0 Å². The fraction of sp³-hybridized carbons (Fsp3) is 0.385. The lowest BCUT2D eigenvalue weighted by atomic mass is 9.79. The van der Waals surface area contributed by atoms with E-state index in [9.17, 15) is 4.79 Å². The second-order valence-electron chi connectivity index (χ2n) is 9.39. The molecule has 6 heteroatoms. The van der Waals surface area contributed by atoms with E-state index < -0.39 is 5.41 Å². The van der Waals surface area contributed by atoms with Crippen LogP contribution in [0.5, 0.6) is 5.75 Å². The maximum atomic E-state index is 13.2. The summed E-state index contributed by atoms with van der Waals surface area (Å²) >= 11 is 0. The van der Waals surface area contributed by atoms with Gasteiger partial charge in [-0.15, -0.1) is 0 Å². The normalized spacial score (nSPS) is 21.8. The first-order chi connectivity index (χ1) is 15.6. The third-order valence-corrected chi connectivity index (χ3v) is 7.33. The summed E-state index contributed by atoms with van der Waals surface area (Å²) in [5, 5.41) is 7.79. The second kappa shape index (κ2) is 7.48. The molecule has 2 fully saturated rings. The summed E-state index contributed by atoms with van der Waals surface area (Å²) in [5.74, 6) is 0.919. The number of nitrogens with one attached hydrogen (secondary N) is 1. The number of amides is 1. The van der Waals surface area contributed by atoms with Crippen LogP contribution in [0.2, 0.25) is 0 Å². The van der Waals surface area contributed by atoms with E-state index in [4.69, 9.17) is 4.74 Å². The van der Waals surface area contributed by atoms with E-state index in [0.29, 0.717) is 0 Å². The number of nitrogens with zero attached hydrogens (tertiary/aromatic N) is 3. The number of fused-ring (bicyclic) bond motifs is 2. The van der Waals surface area contributed by atoms with Gasteiger partial charge in [0.05, 0.1) is 28.7 Å². The quantitative estimate of drug-likeness (QED) is 0.670. The maximum absolute atomic E-state index is 13.2. The Morgan fingerprint density at radius 3 is 2.69 bits per heavy atom. The van der Waals surface area contributed by atoms with Gasteiger partial charge < -0.3 is 15.0 Å². The van der Waals surface area contributed by atoms with Crippen LogP contribution < -0.4 is 10.1 Å². The van der Waals surface area contributed by atoms with Crippen molar-refractivity contribution >= 4 is 11.6 Å². The van der Waals surface area contributed by atoms with Crippen LogP contribution in [0.15, 0.2) is 54.7 Å². The number of carbonyl (C=O) groups excluding carboxylic acids is 1. The molecule has 2 aromatic carbocycles. The van der Waals surface area contributed by atoms with Crippen molar-refractivity contribution in [1.29, 1.82) is 0 Å². The minimum Gasteiger partial charge on any atom is -0.487 e. The third-order valence-electron chi connectivity index (χ3n) is 7.33. The molecular formula is C26H28N4O2. The monoisotopic (exact) mass is 428 g/mol. The summed E-state index contributed by atoms with van der Waals surface area (Å²) in [7, 11) is 2.12. The highest BCUT2D eigenvalue weighted by Gasteiger charge is 2.50. The number of anilines is 1. The molecule has 164 valence electrons. The summed E-state index contributed by atoms with van der Waals surface area (Å²) in [6.07, 6.45) is 6.94. The zero-order valence-electron chi connectivity index (χ0n) is 18.4. The lowest BCUT2D eigenvalue weighted by molar-refractivity contribution is -0.120. The number of hydrogen-bond acceptors (Lipinski definition) is 4. The Bertz CT molecular complexity index is 1160. The van der Waals surface area contributed by atoms with Gasteiger partial charge in [0.1, 0.15) is 11.9 Å².